The summed E-state index contributed by atoms with van der Waals surface area (Å²) in [7, 11) is -7.35. The lowest BCUT2D eigenvalue weighted by Crippen LogP contribution is -2.44. The van der Waals surface area contributed by atoms with Crippen molar-refractivity contribution in [3.63, 3.8) is 0 Å². The van der Waals surface area contributed by atoms with E-state index >= 15 is 0 Å². The molecule has 0 unspecified atom stereocenters. The van der Waals surface area contributed by atoms with Crippen molar-refractivity contribution in [1.82, 2.24) is 8.61 Å². The van der Waals surface area contributed by atoms with Crippen molar-refractivity contribution in [2.45, 2.75) is 91.1 Å². The Morgan fingerprint density at radius 1 is 0.806 bits per heavy atom. The zero-order chi connectivity index (χ0) is 26.1. The van der Waals surface area contributed by atoms with Gasteiger partial charge in [0.05, 0.1) is 23.6 Å². The fourth-order valence-corrected chi connectivity index (χ4v) is 14.9. The number of nitrogens with zero attached hydrogens (tertiary/aromatic N) is 2. The average Bonchev–Trinajstić information content (AvgIpc) is 3.45. The minimum Gasteiger partial charge on any atom is -0.274 e. The van der Waals surface area contributed by atoms with Gasteiger partial charge >= 0.3 is 0 Å². The Bertz CT molecular complexity index is 1290. The number of sulfonamides is 2. The quantitative estimate of drug-likeness (QED) is 0.509. The normalized spacial score (nSPS) is 43.9. The Morgan fingerprint density at radius 2 is 1.28 bits per heavy atom. The summed E-state index contributed by atoms with van der Waals surface area (Å²) in [6.45, 7) is 8.58. The Hall–Kier alpha value is -1.42. The molecule has 4 aliphatic carbocycles. The molecular weight excluding hydrogens is 500 g/mol. The van der Waals surface area contributed by atoms with Crippen LogP contribution in [0.5, 0.6) is 0 Å². The first-order valence-corrected chi connectivity index (χ1v) is 16.6. The minimum absolute atomic E-state index is 0.0179. The van der Waals surface area contributed by atoms with Gasteiger partial charge in [-0.15, -0.1) is 0 Å². The Balaban J connectivity index is 1.13. The highest BCUT2D eigenvalue weighted by Crippen LogP contribution is 2.71. The number of rotatable bonds is 4. The van der Waals surface area contributed by atoms with Crippen LogP contribution in [0.2, 0.25) is 0 Å². The van der Waals surface area contributed by atoms with Crippen LogP contribution >= 0.6 is 0 Å². The van der Waals surface area contributed by atoms with Crippen molar-refractivity contribution in [2.24, 2.45) is 33.5 Å². The second kappa shape index (κ2) is 7.16. The molecule has 0 aromatic rings. The first kappa shape index (κ1) is 24.9. The van der Waals surface area contributed by atoms with E-state index in [9.17, 15) is 26.4 Å². The van der Waals surface area contributed by atoms with Crippen molar-refractivity contribution < 1.29 is 26.4 Å². The summed E-state index contributed by atoms with van der Waals surface area (Å²) < 4.78 is 54.5. The Morgan fingerprint density at radius 3 is 1.78 bits per heavy atom. The highest BCUT2D eigenvalue weighted by atomic mass is 32.2. The molecule has 8 nitrogen and oxygen atoms in total. The van der Waals surface area contributed by atoms with Crippen LogP contribution in [-0.2, 0) is 29.6 Å². The fraction of sp³-hybridized carbons (Fsp3) is 0.846. The van der Waals surface area contributed by atoms with Gasteiger partial charge in [-0.05, 0) is 67.6 Å². The molecule has 36 heavy (non-hydrogen) atoms. The summed E-state index contributed by atoms with van der Waals surface area (Å²) >= 11 is 0. The molecule has 2 amide bonds. The molecule has 4 bridgehead atoms. The fourth-order valence-electron chi connectivity index (χ4n) is 9.77. The first-order valence-electron chi connectivity index (χ1n) is 13.4. The molecular formula is C26H38N2O6S2. The molecule has 0 aromatic heterocycles. The van der Waals surface area contributed by atoms with E-state index in [2.05, 4.69) is 27.7 Å². The predicted octanol–water partition coefficient (Wildman–Crippen LogP) is 3.06. The van der Waals surface area contributed by atoms with E-state index < -0.39 is 31.9 Å². The molecule has 6 atom stereocenters. The van der Waals surface area contributed by atoms with Gasteiger partial charge in [0.15, 0.2) is 0 Å². The zero-order valence-electron chi connectivity index (χ0n) is 21.7. The van der Waals surface area contributed by atoms with Gasteiger partial charge in [0.2, 0.25) is 26.0 Å². The Labute approximate surface area is 215 Å². The van der Waals surface area contributed by atoms with Crippen molar-refractivity contribution in [3.05, 3.63) is 12.2 Å². The predicted molar refractivity (Wildman–Crippen MR) is 134 cm³/mol. The zero-order valence-corrected chi connectivity index (χ0v) is 23.3. The van der Waals surface area contributed by atoms with Crippen LogP contribution in [0.25, 0.3) is 0 Å². The lowest BCUT2D eigenvalue weighted by atomic mass is 9.69. The van der Waals surface area contributed by atoms with Crippen molar-refractivity contribution in [2.75, 3.05) is 11.5 Å². The van der Waals surface area contributed by atoms with E-state index in [1.54, 1.807) is 0 Å². The molecule has 2 aliphatic heterocycles. The highest BCUT2D eigenvalue weighted by Gasteiger charge is 2.73. The topological polar surface area (TPSA) is 109 Å². The van der Waals surface area contributed by atoms with E-state index in [4.69, 9.17) is 0 Å². The molecule has 4 saturated carbocycles. The molecule has 0 aromatic carbocycles. The lowest BCUT2D eigenvalue weighted by molar-refractivity contribution is -0.129. The molecule has 6 fully saturated rings. The second-order valence-corrected chi connectivity index (χ2v) is 17.2. The SMILES string of the molecule is CC1(C)[C@@H]2CC[C@]13CS(=O)(=O)N(C(=O)/C=C/CCC(=O)N1[C@@H]4C[C@H]5CC[C@]4(CS1(=O)=O)C5(C)C)[C@@H]3C2. The molecule has 6 rings (SSSR count). The minimum atomic E-state index is -3.69. The molecule has 6 aliphatic rings. The second-order valence-electron chi connectivity index (χ2n) is 13.5. The molecule has 2 heterocycles. The van der Waals surface area contributed by atoms with Gasteiger partial charge in [0.1, 0.15) is 0 Å². The number of hydrogen-bond donors (Lipinski definition) is 0. The van der Waals surface area contributed by atoms with Crippen LogP contribution in [0.3, 0.4) is 0 Å². The number of fused-ring (bicyclic) bond motifs is 2. The van der Waals surface area contributed by atoms with E-state index in [0.717, 1.165) is 47.1 Å². The number of carbonyl (C=O) groups excluding carboxylic acids is 2. The third kappa shape index (κ3) is 2.81. The summed E-state index contributed by atoms with van der Waals surface area (Å²) in [5.41, 5.74) is -0.932. The third-order valence-electron chi connectivity index (χ3n) is 12.1. The Kier molecular flexibility index (Phi) is 4.95. The van der Waals surface area contributed by atoms with E-state index in [1.165, 1.54) is 12.2 Å². The van der Waals surface area contributed by atoms with Crippen LogP contribution in [0.4, 0.5) is 0 Å². The lowest BCUT2D eigenvalue weighted by Gasteiger charge is -2.37. The van der Waals surface area contributed by atoms with E-state index in [-0.39, 0.29) is 58.1 Å². The number of carbonyl (C=O) groups is 2. The van der Waals surface area contributed by atoms with Gasteiger partial charge in [-0.3, -0.25) is 9.59 Å². The van der Waals surface area contributed by atoms with Crippen molar-refractivity contribution >= 4 is 31.9 Å². The highest BCUT2D eigenvalue weighted by molar-refractivity contribution is 7.90. The molecule has 200 valence electrons. The number of allylic oxidation sites excluding steroid dienone is 1. The van der Waals surface area contributed by atoms with Gasteiger partial charge in [-0.25, -0.2) is 25.4 Å². The van der Waals surface area contributed by atoms with E-state index in [0.29, 0.717) is 11.8 Å². The molecule has 2 spiro atoms. The van der Waals surface area contributed by atoms with Crippen LogP contribution in [0.15, 0.2) is 12.2 Å². The monoisotopic (exact) mass is 538 g/mol. The van der Waals surface area contributed by atoms with Gasteiger partial charge < -0.3 is 0 Å². The molecule has 10 heteroatoms. The molecule has 0 radical (unpaired) electrons. The summed E-state index contributed by atoms with van der Waals surface area (Å²) in [5, 5.41) is 0. The van der Waals surface area contributed by atoms with Gasteiger partial charge in [0.25, 0.3) is 5.91 Å². The summed E-state index contributed by atoms with van der Waals surface area (Å²) in [5.74, 6) is -0.0277. The number of hydrogen-bond acceptors (Lipinski definition) is 6. The smallest absolute Gasteiger partial charge is 0.259 e. The van der Waals surface area contributed by atoms with Gasteiger partial charge in [0, 0.05) is 23.3 Å². The van der Waals surface area contributed by atoms with Crippen molar-refractivity contribution in [3.8, 4) is 0 Å². The first-order chi connectivity index (χ1) is 16.6. The molecule has 2 saturated heterocycles. The van der Waals surface area contributed by atoms with E-state index in [1.807, 2.05) is 0 Å². The maximum Gasteiger partial charge on any atom is 0.259 e. The maximum atomic E-state index is 13.1. The van der Waals surface area contributed by atoms with Gasteiger partial charge in [-0.1, -0.05) is 33.8 Å². The maximum absolute atomic E-state index is 13.1. The van der Waals surface area contributed by atoms with Crippen LogP contribution in [0.1, 0.15) is 79.1 Å². The van der Waals surface area contributed by atoms with Crippen LogP contribution in [-0.4, -0.2) is 60.8 Å². The van der Waals surface area contributed by atoms with Gasteiger partial charge in [-0.2, -0.15) is 0 Å². The largest absolute Gasteiger partial charge is 0.274 e. The summed E-state index contributed by atoms with van der Waals surface area (Å²) in [6, 6.07) is -0.552. The van der Waals surface area contributed by atoms with Crippen molar-refractivity contribution in [1.29, 1.82) is 0 Å². The summed E-state index contributed by atoms with van der Waals surface area (Å²) in [4.78, 5) is 26.2. The summed E-state index contributed by atoms with van der Waals surface area (Å²) in [6.07, 6.45) is 8.14. The number of amides is 2. The third-order valence-corrected chi connectivity index (χ3v) is 15.9. The van der Waals surface area contributed by atoms with Crippen LogP contribution < -0.4 is 0 Å². The molecule has 0 N–H and O–H groups in total. The average molecular weight is 539 g/mol. The standard InChI is InChI=1S/C26H38N2O6S2/c1-23(2)17-9-11-25(23)15-35(31,32)27(19(25)13-17)21(29)7-5-6-8-22(30)28-20-14-18-10-12-26(20,24(18,3)4)16-36(28,33)34/h5,7,17-20H,6,8-16H2,1-4H3/b7-5+/t17-,18-,19-,20-,25-,26-/m1/s1. The van der Waals surface area contributed by atoms with Crippen LogP contribution in [0, 0.1) is 33.5 Å².